The van der Waals surface area contributed by atoms with E-state index >= 15 is 0 Å². The van der Waals surface area contributed by atoms with Crippen molar-refractivity contribution >= 4 is 17.3 Å². The first-order valence-electron chi connectivity index (χ1n) is 5.84. The van der Waals surface area contributed by atoms with Crippen LogP contribution in [-0.2, 0) is 4.79 Å². The fourth-order valence-corrected chi connectivity index (χ4v) is 2.56. The van der Waals surface area contributed by atoms with Gasteiger partial charge in [0.1, 0.15) is 0 Å². The van der Waals surface area contributed by atoms with Gasteiger partial charge in [0, 0.05) is 24.7 Å². The molecule has 1 saturated heterocycles. The average molecular weight is 233 g/mol. The average Bonchev–Trinajstić information content (AvgIpc) is 2.55. The second kappa shape index (κ2) is 4.04. The molecule has 0 radical (unpaired) electrons. The summed E-state index contributed by atoms with van der Waals surface area (Å²) in [6.07, 6.45) is 0.423. The van der Waals surface area contributed by atoms with Gasteiger partial charge in [0.25, 0.3) is 0 Å². The first-order chi connectivity index (χ1) is 7.91. The van der Waals surface area contributed by atoms with E-state index < -0.39 is 0 Å². The highest BCUT2D eigenvalue weighted by Crippen LogP contribution is 2.33. The number of carbonyl (C=O) groups is 1. The molecule has 1 atom stereocenters. The molecule has 0 bridgehead atoms. The summed E-state index contributed by atoms with van der Waals surface area (Å²) in [4.78, 5) is 13.7. The summed E-state index contributed by atoms with van der Waals surface area (Å²) in [6, 6.07) is 1.96. The van der Waals surface area contributed by atoms with E-state index in [1.807, 2.05) is 26.8 Å². The highest BCUT2D eigenvalue weighted by molar-refractivity contribution is 5.98. The molecule has 4 heteroatoms. The van der Waals surface area contributed by atoms with E-state index in [1.54, 1.807) is 4.90 Å². The molecule has 92 valence electrons. The number of nitrogens with two attached hydrogens (primary N) is 2. The van der Waals surface area contributed by atoms with Crippen molar-refractivity contribution in [2.24, 2.45) is 5.73 Å². The van der Waals surface area contributed by atoms with Gasteiger partial charge in [-0.25, -0.2) is 0 Å². The van der Waals surface area contributed by atoms with Crippen LogP contribution in [0, 0.1) is 20.8 Å². The Morgan fingerprint density at radius 3 is 2.47 bits per heavy atom. The van der Waals surface area contributed by atoms with Gasteiger partial charge in [0.15, 0.2) is 0 Å². The number of hydrogen-bond acceptors (Lipinski definition) is 3. The van der Waals surface area contributed by atoms with Crippen LogP contribution in [0.15, 0.2) is 6.07 Å². The number of hydrogen-bond donors (Lipinski definition) is 2. The number of carbonyl (C=O) groups excluding carboxylic acids is 1. The lowest BCUT2D eigenvalue weighted by Crippen LogP contribution is -2.29. The molecule has 1 unspecified atom stereocenters. The number of benzene rings is 1. The Hall–Kier alpha value is -1.55. The molecule has 17 heavy (non-hydrogen) atoms. The molecule has 4 nitrogen and oxygen atoms in total. The summed E-state index contributed by atoms with van der Waals surface area (Å²) in [5.74, 6) is 0.0898. The molecular weight excluding hydrogens is 214 g/mol. The SMILES string of the molecule is Cc1cc(C)c(N2CC(N)CC2=O)c(C)c1N. The fraction of sp³-hybridized carbons (Fsp3) is 0.462. The van der Waals surface area contributed by atoms with Crippen molar-refractivity contribution in [3.63, 3.8) is 0 Å². The van der Waals surface area contributed by atoms with Gasteiger partial charge < -0.3 is 16.4 Å². The summed E-state index contributed by atoms with van der Waals surface area (Å²) in [5, 5.41) is 0. The van der Waals surface area contributed by atoms with Crippen molar-refractivity contribution in [2.45, 2.75) is 33.2 Å². The van der Waals surface area contributed by atoms with E-state index in [4.69, 9.17) is 11.5 Å². The Bertz CT molecular complexity index is 482. The number of nitrogens with zero attached hydrogens (tertiary/aromatic N) is 1. The van der Waals surface area contributed by atoms with Crippen LogP contribution in [0.3, 0.4) is 0 Å². The lowest BCUT2D eigenvalue weighted by atomic mass is 10.0. The Morgan fingerprint density at radius 2 is 1.94 bits per heavy atom. The van der Waals surface area contributed by atoms with Crippen molar-refractivity contribution in [2.75, 3.05) is 17.2 Å². The summed E-state index contributed by atoms with van der Waals surface area (Å²) < 4.78 is 0. The summed E-state index contributed by atoms with van der Waals surface area (Å²) in [6.45, 7) is 6.54. The third-order valence-electron chi connectivity index (χ3n) is 3.42. The van der Waals surface area contributed by atoms with Crippen LogP contribution >= 0.6 is 0 Å². The van der Waals surface area contributed by atoms with Crippen LogP contribution in [0.1, 0.15) is 23.1 Å². The van der Waals surface area contributed by atoms with Crippen LogP contribution in [0.2, 0.25) is 0 Å². The fourth-order valence-electron chi connectivity index (χ4n) is 2.56. The minimum absolute atomic E-state index is 0.0659. The maximum absolute atomic E-state index is 11.9. The van der Waals surface area contributed by atoms with Crippen LogP contribution in [0.5, 0.6) is 0 Å². The Labute approximate surface area is 102 Å². The molecule has 0 aliphatic carbocycles. The standard InChI is InChI=1S/C13H19N3O/c1-7-4-8(2)13(9(3)12(7)15)16-6-10(14)5-11(16)17/h4,10H,5-6,14-15H2,1-3H3. The normalized spacial score (nSPS) is 20.1. The monoisotopic (exact) mass is 233 g/mol. The molecule has 0 aromatic heterocycles. The minimum atomic E-state index is -0.0659. The number of rotatable bonds is 1. The van der Waals surface area contributed by atoms with E-state index in [1.165, 1.54) is 0 Å². The van der Waals surface area contributed by atoms with Crippen molar-refractivity contribution in [3.8, 4) is 0 Å². The smallest absolute Gasteiger partial charge is 0.228 e. The molecule has 1 aliphatic rings. The van der Waals surface area contributed by atoms with Gasteiger partial charge >= 0.3 is 0 Å². The molecule has 1 aromatic rings. The van der Waals surface area contributed by atoms with Crippen LogP contribution in [0.4, 0.5) is 11.4 Å². The minimum Gasteiger partial charge on any atom is -0.398 e. The van der Waals surface area contributed by atoms with Crippen molar-refractivity contribution in [3.05, 3.63) is 22.8 Å². The van der Waals surface area contributed by atoms with Crippen molar-refractivity contribution < 1.29 is 4.79 Å². The van der Waals surface area contributed by atoms with Gasteiger partial charge in [0.05, 0.1) is 5.69 Å². The van der Waals surface area contributed by atoms with E-state index in [0.29, 0.717) is 13.0 Å². The summed E-state index contributed by atoms with van der Waals surface area (Å²) in [7, 11) is 0. The van der Waals surface area contributed by atoms with E-state index in [0.717, 1.165) is 28.1 Å². The molecule has 1 fully saturated rings. The van der Waals surface area contributed by atoms with Gasteiger partial charge in [-0.3, -0.25) is 4.79 Å². The summed E-state index contributed by atoms with van der Waals surface area (Å²) >= 11 is 0. The van der Waals surface area contributed by atoms with Gasteiger partial charge in [-0.05, 0) is 37.5 Å². The Kier molecular flexibility index (Phi) is 2.83. The molecule has 1 heterocycles. The van der Waals surface area contributed by atoms with E-state index in [-0.39, 0.29) is 11.9 Å². The highest BCUT2D eigenvalue weighted by atomic mass is 16.2. The second-order valence-electron chi connectivity index (χ2n) is 4.87. The van der Waals surface area contributed by atoms with E-state index in [2.05, 4.69) is 0 Å². The molecule has 1 aromatic carbocycles. The second-order valence-corrected chi connectivity index (χ2v) is 4.87. The van der Waals surface area contributed by atoms with Crippen LogP contribution in [0.25, 0.3) is 0 Å². The third kappa shape index (κ3) is 1.89. The zero-order chi connectivity index (χ0) is 12.7. The maximum Gasteiger partial charge on any atom is 0.228 e. The highest BCUT2D eigenvalue weighted by Gasteiger charge is 2.30. The predicted octanol–water partition coefficient (Wildman–Crippen LogP) is 1.26. The van der Waals surface area contributed by atoms with Crippen LogP contribution in [-0.4, -0.2) is 18.5 Å². The van der Waals surface area contributed by atoms with Gasteiger partial charge in [-0.15, -0.1) is 0 Å². The van der Waals surface area contributed by atoms with Crippen molar-refractivity contribution in [1.82, 2.24) is 0 Å². The number of nitrogen functional groups attached to an aromatic ring is 1. The lowest BCUT2D eigenvalue weighted by Gasteiger charge is -2.23. The summed E-state index contributed by atoms with van der Waals surface area (Å²) in [5.41, 5.74) is 16.7. The number of aryl methyl sites for hydroxylation is 2. The maximum atomic E-state index is 11.9. The largest absolute Gasteiger partial charge is 0.398 e. The third-order valence-corrected chi connectivity index (χ3v) is 3.42. The first kappa shape index (κ1) is 11.9. The van der Waals surface area contributed by atoms with E-state index in [9.17, 15) is 4.79 Å². The van der Waals surface area contributed by atoms with Gasteiger partial charge in [0.2, 0.25) is 5.91 Å². The first-order valence-corrected chi connectivity index (χ1v) is 5.84. The molecule has 0 saturated carbocycles. The quantitative estimate of drug-likeness (QED) is 0.717. The lowest BCUT2D eigenvalue weighted by molar-refractivity contribution is -0.117. The van der Waals surface area contributed by atoms with Gasteiger partial charge in [-0.2, -0.15) is 0 Å². The van der Waals surface area contributed by atoms with Crippen LogP contribution < -0.4 is 16.4 Å². The molecule has 0 spiro atoms. The predicted molar refractivity (Wildman–Crippen MR) is 70.0 cm³/mol. The zero-order valence-corrected chi connectivity index (χ0v) is 10.6. The molecule has 1 aliphatic heterocycles. The number of anilines is 2. The Balaban J connectivity index is 2.53. The molecule has 1 amide bonds. The molecular formula is C13H19N3O. The molecule has 2 rings (SSSR count). The topological polar surface area (TPSA) is 72.3 Å². The molecule has 4 N–H and O–H groups in total. The number of amides is 1. The van der Waals surface area contributed by atoms with Crippen molar-refractivity contribution in [1.29, 1.82) is 0 Å². The zero-order valence-electron chi connectivity index (χ0n) is 10.6. The Morgan fingerprint density at radius 1 is 1.29 bits per heavy atom. The van der Waals surface area contributed by atoms with Gasteiger partial charge in [-0.1, -0.05) is 6.07 Å².